The summed E-state index contributed by atoms with van der Waals surface area (Å²) in [5.74, 6) is 0.541. The van der Waals surface area contributed by atoms with Crippen molar-refractivity contribution in [2.45, 2.75) is 20.0 Å². The molecule has 0 unspecified atom stereocenters. The SMILES string of the molecule is CCCOC(=O)c1ccc(NC(=O)/C=C/c2ccc(OCc3ccccc3)c(OC)c2)cc1. The van der Waals surface area contributed by atoms with Gasteiger partial charge in [-0.2, -0.15) is 0 Å². The molecule has 0 aliphatic rings. The van der Waals surface area contributed by atoms with E-state index in [9.17, 15) is 9.59 Å². The van der Waals surface area contributed by atoms with Crippen LogP contribution in [0, 0.1) is 0 Å². The van der Waals surface area contributed by atoms with Crippen molar-refractivity contribution >= 4 is 23.6 Å². The van der Waals surface area contributed by atoms with Gasteiger partial charge in [0.05, 0.1) is 19.3 Å². The Labute approximate surface area is 193 Å². The number of anilines is 1. The van der Waals surface area contributed by atoms with Crippen molar-refractivity contribution in [1.82, 2.24) is 0 Å². The highest BCUT2D eigenvalue weighted by Gasteiger charge is 2.08. The lowest BCUT2D eigenvalue weighted by molar-refractivity contribution is -0.111. The van der Waals surface area contributed by atoms with Gasteiger partial charge in [0, 0.05) is 11.8 Å². The van der Waals surface area contributed by atoms with Crippen molar-refractivity contribution in [3.63, 3.8) is 0 Å². The van der Waals surface area contributed by atoms with E-state index >= 15 is 0 Å². The fourth-order valence-corrected chi connectivity index (χ4v) is 2.97. The van der Waals surface area contributed by atoms with E-state index in [-0.39, 0.29) is 11.9 Å². The predicted molar refractivity (Wildman–Crippen MR) is 128 cm³/mol. The van der Waals surface area contributed by atoms with Crippen LogP contribution in [0.4, 0.5) is 5.69 Å². The van der Waals surface area contributed by atoms with Gasteiger partial charge in [-0.15, -0.1) is 0 Å². The summed E-state index contributed by atoms with van der Waals surface area (Å²) in [5, 5.41) is 2.77. The zero-order valence-electron chi connectivity index (χ0n) is 18.7. The first-order valence-corrected chi connectivity index (χ1v) is 10.7. The maximum atomic E-state index is 12.3. The van der Waals surface area contributed by atoms with E-state index in [2.05, 4.69) is 5.32 Å². The first-order valence-electron chi connectivity index (χ1n) is 10.7. The Morgan fingerprint density at radius 2 is 1.70 bits per heavy atom. The summed E-state index contributed by atoms with van der Waals surface area (Å²) < 4.78 is 16.4. The van der Waals surface area contributed by atoms with Gasteiger partial charge in [0.2, 0.25) is 5.91 Å². The van der Waals surface area contributed by atoms with Crippen LogP contribution >= 0.6 is 0 Å². The fraction of sp³-hybridized carbons (Fsp3) is 0.185. The number of benzene rings is 3. The Balaban J connectivity index is 1.57. The highest BCUT2D eigenvalue weighted by molar-refractivity contribution is 6.02. The van der Waals surface area contributed by atoms with E-state index in [0.717, 1.165) is 17.5 Å². The second-order valence-corrected chi connectivity index (χ2v) is 7.22. The lowest BCUT2D eigenvalue weighted by Crippen LogP contribution is -2.09. The van der Waals surface area contributed by atoms with Gasteiger partial charge in [0.25, 0.3) is 0 Å². The number of hydrogen-bond acceptors (Lipinski definition) is 5. The molecule has 3 aromatic rings. The Bertz CT molecular complexity index is 1090. The van der Waals surface area contributed by atoms with Crippen molar-refractivity contribution in [2.75, 3.05) is 19.0 Å². The lowest BCUT2D eigenvalue weighted by Gasteiger charge is -2.11. The molecule has 33 heavy (non-hydrogen) atoms. The van der Waals surface area contributed by atoms with E-state index < -0.39 is 0 Å². The molecular formula is C27H27NO5. The monoisotopic (exact) mass is 445 g/mol. The molecule has 0 aliphatic heterocycles. The predicted octanol–water partition coefficient (Wildman–Crippen LogP) is 5.49. The molecule has 0 saturated heterocycles. The molecule has 0 aliphatic carbocycles. The summed E-state index contributed by atoms with van der Waals surface area (Å²) in [7, 11) is 1.58. The first kappa shape index (κ1) is 23.6. The van der Waals surface area contributed by atoms with Gasteiger partial charge >= 0.3 is 5.97 Å². The molecule has 0 spiro atoms. The molecule has 3 rings (SSSR count). The molecule has 0 saturated carbocycles. The van der Waals surface area contributed by atoms with Crippen molar-refractivity contribution < 1.29 is 23.8 Å². The molecule has 0 atom stereocenters. The third kappa shape index (κ3) is 7.25. The van der Waals surface area contributed by atoms with Crippen LogP contribution in [0.5, 0.6) is 11.5 Å². The standard InChI is InChI=1S/C27H27NO5/c1-3-17-32-27(30)22-11-13-23(14-12-22)28-26(29)16-10-20-9-15-24(25(18-20)31-2)33-19-21-7-5-4-6-8-21/h4-16,18H,3,17,19H2,1-2H3,(H,28,29)/b16-10+. The molecule has 0 bridgehead atoms. The highest BCUT2D eigenvalue weighted by Crippen LogP contribution is 2.29. The number of ether oxygens (including phenoxy) is 3. The van der Waals surface area contributed by atoms with Crippen LogP contribution in [-0.2, 0) is 16.1 Å². The normalized spacial score (nSPS) is 10.6. The van der Waals surface area contributed by atoms with Crippen molar-refractivity contribution in [3.05, 3.63) is 95.6 Å². The third-order valence-corrected chi connectivity index (χ3v) is 4.68. The summed E-state index contributed by atoms with van der Waals surface area (Å²) in [4.78, 5) is 24.1. The number of amides is 1. The minimum Gasteiger partial charge on any atom is -0.493 e. The zero-order valence-corrected chi connectivity index (χ0v) is 18.7. The number of rotatable bonds is 10. The van der Waals surface area contributed by atoms with Gasteiger partial charge in [-0.25, -0.2) is 4.79 Å². The average molecular weight is 446 g/mol. The van der Waals surface area contributed by atoms with Crippen molar-refractivity contribution in [2.24, 2.45) is 0 Å². The van der Waals surface area contributed by atoms with E-state index in [0.29, 0.717) is 36.0 Å². The second-order valence-electron chi connectivity index (χ2n) is 7.22. The van der Waals surface area contributed by atoms with Gasteiger partial charge in [-0.1, -0.05) is 43.3 Å². The van der Waals surface area contributed by atoms with Crippen LogP contribution in [-0.4, -0.2) is 25.6 Å². The molecule has 1 N–H and O–H groups in total. The van der Waals surface area contributed by atoms with Crippen LogP contribution in [0.3, 0.4) is 0 Å². The number of methoxy groups -OCH3 is 1. The third-order valence-electron chi connectivity index (χ3n) is 4.68. The van der Waals surface area contributed by atoms with Crippen LogP contribution in [0.15, 0.2) is 78.9 Å². The smallest absolute Gasteiger partial charge is 0.338 e. The molecule has 1 amide bonds. The van der Waals surface area contributed by atoms with Crippen LogP contribution in [0.25, 0.3) is 6.08 Å². The lowest BCUT2D eigenvalue weighted by atomic mass is 10.1. The summed E-state index contributed by atoms with van der Waals surface area (Å²) in [5.41, 5.74) is 2.88. The molecule has 6 nitrogen and oxygen atoms in total. The van der Waals surface area contributed by atoms with E-state index in [1.165, 1.54) is 6.08 Å². The van der Waals surface area contributed by atoms with Crippen molar-refractivity contribution in [3.8, 4) is 11.5 Å². The quantitative estimate of drug-likeness (QED) is 0.330. The van der Waals surface area contributed by atoms with Crippen LogP contribution < -0.4 is 14.8 Å². The summed E-state index contributed by atoms with van der Waals surface area (Å²) in [6.45, 7) is 2.75. The van der Waals surface area contributed by atoms with E-state index in [1.807, 2.05) is 49.4 Å². The molecule has 0 radical (unpaired) electrons. The summed E-state index contributed by atoms with van der Waals surface area (Å²) in [6.07, 6.45) is 3.89. The minimum atomic E-state index is -0.375. The Morgan fingerprint density at radius 1 is 0.939 bits per heavy atom. The average Bonchev–Trinajstić information content (AvgIpc) is 2.86. The van der Waals surface area contributed by atoms with Gasteiger partial charge in [0.1, 0.15) is 6.61 Å². The summed E-state index contributed by atoms with van der Waals surface area (Å²) >= 11 is 0. The summed E-state index contributed by atoms with van der Waals surface area (Å²) in [6, 6.07) is 21.9. The zero-order chi connectivity index (χ0) is 23.5. The maximum absolute atomic E-state index is 12.3. The van der Waals surface area contributed by atoms with Gasteiger partial charge in [-0.3, -0.25) is 4.79 Å². The number of hydrogen-bond donors (Lipinski definition) is 1. The van der Waals surface area contributed by atoms with Gasteiger partial charge in [0.15, 0.2) is 11.5 Å². The topological polar surface area (TPSA) is 73.9 Å². The molecule has 6 heteroatoms. The molecule has 0 fully saturated rings. The first-order chi connectivity index (χ1) is 16.1. The molecule has 0 aromatic heterocycles. The minimum absolute atomic E-state index is 0.292. The molecule has 3 aromatic carbocycles. The Hall–Kier alpha value is -4.06. The second kappa shape index (κ2) is 12.1. The molecule has 170 valence electrons. The van der Waals surface area contributed by atoms with E-state index in [1.54, 1.807) is 43.5 Å². The fourth-order valence-electron chi connectivity index (χ4n) is 2.97. The number of carbonyl (C=O) groups excluding carboxylic acids is 2. The van der Waals surface area contributed by atoms with Crippen LogP contribution in [0.2, 0.25) is 0 Å². The largest absolute Gasteiger partial charge is 0.493 e. The number of carbonyl (C=O) groups is 2. The molecular weight excluding hydrogens is 418 g/mol. The Kier molecular flexibility index (Phi) is 8.65. The highest BCUT2D eigenvalue weighted by atomic mass is 16.5. The maximum Gasteiger partial charge on any atom is 0.338 e. The molecule has 0 heterocycles. The van der Waals surface area contributed by atoms with Crippen molar-refractivity contribution in [1.29, 1.82) is 0 Å². The van der Waals surface area contributed by atoms with Gasteiger partial charge < -0.3 is 19.5 Å². The Morgan fingerprint density at radius 3 is 2.39 bits per heavy atom. The van der Waals surface area contributed by atoms with Gasteiger partial charge in [-0.05, 0) is 60.0 Å². The number of esters is 1. The number of nitrogens with one attached hydrogen (secondary N) is 1. The van der Waals surface area contributed by atoms with E-state index in [4.69, 9.17) is 14.2 Å². The van der Waals surface area contributed by atoms with Crippen LogP contribution in [0.1, 0.15) is 34.8 Å².